The van der Waals surface area contributed by atoms with Crippen LogP contribution in [0, 0.1) is 5.82 Å². The lowest BCUT2D eigenvalue weighted by Gasteiger charge is -2.20. The SMILES string of the molecule is CCN(CC)S(=O)(=O)c1ccc2c(c1)CCN2C(=O)CCSc1ccccc1F. The predicted octanol–water partition coefficient (Wildman–Crippen LogP) is 3.93. The minimum atomic E-state index is -3.52. The molecule has 156 valence electrons. The van der Waals surface area contributed by atoms with Gasteiger partial charge in [-0.3, -0.25) is 4.79 Å². The number of fused-ring (bicyclic) bond motifs is 1. The summed E-state index contributed by atoms with van der Waals surface area (Å²) >= 11 is 1.32. The van der Waals surface area contributed by atoms with Gasteiger partial charge in [-0.25, -0.2) is 12.8 Å². The number of nitrogens with zero attached hydrogens (tertiary/aromatic N) is 2. The van der Waals surface area contributed by atoms with Crippen LogP contribution in [0.15, 0.2) is 52.3 Å². The van der Waals surface area contributed by atoms with E-state index in [1.807, 2.05) is 13.8 Å². The number of rotatable bonds is 8. The lowest BCUT2D eigenvalue weighted by Crippen LogP contribution is -2.31. The van der Waals surface area contributed by atoms with Gasteiger partial charge in [0, 0.05) is 42.4 Å². The highest BCUT2D eigenvalue weighted by atomic mass is 32.2. The van der Waals surface area contributed by atoms with Gasteiger partial charge < -0.3 is 4.90 Å². The molecule has 0 atom stereocenters. The van der Waals surface area contributed by atoms with Crippen molar-refractivity contribution in [3.63, 3.8) is 0 Å². The van der Waals surface area contributed by atoms with Gasteiger partial charge in [-0.15, -0.1) is 11.8 Å². The molecule has 0 fully saturated rings. The van der Waals surface area contributed by atoms with E-state index in [0.29, 0.717) is 36.7 Å². The first kappa shape index (κ1) is 21.8. The molecule has 0 radical (unpaired) electrons. The van der Waals surface area contributed by atoms with Crippen LogP contribution >= 0.6 is 11.8 Å². The van der Waals surface area contributed by atoms with Crippen LogP contribution < -0.4 is 4.90 Å². The maximum absolute atomic E-state index is 13.7. The molecule has 0 unspecified atom stereocenters. The quantitative estimate of drug-likeness (QED) is 0.589. The van der Waals surface area contributed by atoms with Crippen molar-refractivity contribution in [1.29, 1.82) is 0 Å². The predicted molar refractivity (Wildman–Crippen MR) is 114 cm³/mol. The van der Waals surface area contributed by atoms with E-state index in [4.69, 9.17) is 0 Å². The van der Waals surface area contributed by atoms with E-state index in [2.05, 4.69) is 0 Å². The highest BCUT2D eigenvalue weighted by molar-refractivity contribution is 7.99. The topological polar surface area (TPSA) is 57.7 Å². The van der Waals surface area contributed by atoms with Crippen LogP contribution in [0.3, 0.4) is 0 Å². The Morgan fingerprint density at radius 3 is 2.59 bits per heavy atom. The third-order valence-corrected chi connectivity index (χ3v) is 8.10. The minimum Gasteiger partial charge on any atom is -0.312 e. The van der Waals surface area contributed by atoms with E-state index in [1.54, 1.807) is 41.3 Å². The lowest BCUT2D eigenvalue weighted by molar-refractivity contribution is -0.118. The van der Waals surface area contributed by atoms with Crippen molar-refractivity contribution in [3.8, 4) is 0 Å². The van der Waals surface area contributed by atoms with Crippen molar-refractivity contribution >= 4 is 33.4 Å². The van der Waals surface area contributed by atoms with Crippen LogP contribution in [0.25, 0.3) is 0 Å². The molecule has 3 rings (SSSR count). The van der Waals surface area contributed by atoms with E-state index in [-0.39, 0.29) is 23.0 Å². The van der Waals surface area contributed by atoms with Gasteiger partial charge in [0.1, 0.15) is 5.82 Å². The number of amides is 1. The molecule has 2 aromatic rings. The summed E-state index contributed by atoms with van der Waals surface area (Å²) in [5.74, 6) is 0.172. The molecule has 2 aromatic carbocycles. The third kappa shape index (κ3) is 4.65. The third-order valence-electron chi connectivity index (χ3n) is 5.00. The normalized spacial score (nSPS) is 13.7. The molecule has 29 heavy (non-hydrogen) atoms. The second-order valence-corrected chi connectivity index (χ2v) is 9.78. The lowest BCUT2D eigenvalue weighted by atomic mass is 10.2. The van der Waals surface area contributed by atoms with Gasteiger partial charge in [-0.2, -0.15) is 4.31 Å². The Labute approximate surface area is 175 Å². The van der Waals surface area contributed by atoms with E-state index in [9.17, 15) is 17.6 Å². The van der Waals surface area contributed by atoms with Crippen molar-refractivity contribution in [1.82, 2.24) is 4.31 Å². The van der Waals surface area contributed by atoms with E-state index >= 15 is 0 Å². The summed E-state index contributed by atoms with van der Waals surface area (Å²) in [6.07, 6.45) is 0.918. The highest BCUT2D eigenvalue weighted by Gasteiger charge is 2.28. The molecule has 0 saturated carbocycles. The van der Waals surface area contributed by atoms with Gasteiger partial charge in [0.25, 0.3) is 0 Å². The second-order valence-electron chi connectivity index (χ2n) is 6.70. The number of sulfonamides is 1. The molecule has 0 spiro atoms. The fourth-order valence-corrected chi connectivity index (χ4v) is 5.84. The standard InChI is InChI=1S/C21H25FN2O3S2/c1-3-23(4-2)29(26,27)17-9-10-19-16(15-17)11-13-24(19)21(25)12-14-28-20-8-6-5-7-18(20)22/h5-10,15H,3-4,11-14H2,1-2H3. The molecule has 0 saturated heterocycles. The van der Waals surface area contributed by atoms with Gasteiger partial charge in [0.05, 0.1) is 4.90 Å². The van der Waals surface area contributed by atoms with Crippen LogP contribution in [0.2, 0.25) is 0 Å². The second kappa shape index (κ2) is 9.28. The summed E-state index contributed by atoms with van der Waals surface area (Å²) < 4.78 is 40.6. The minimum absolute atomic E-state index is 0.0352. The molecule has 1 amide bonds. The van der Waals surface area contributed by atoms with E-state index < -0.39 is 10.0 Å². The van der Waals surface area contributed by atoms with Gasteiger partial charge in [-0.05, 0) is 42.3 Å². The first-order valence-corrected chi connectivity index (χ1v) is 12.1. The Bertz CT molecular complexity index is 991. The number of hydrogen-bond acceptors (Lipinski definition) is 4. The summed E-state index contributed by atoms with van der Waals surface area (Å²) in [4.78, 5) is 15.2. The summed E-state index contributed by atoms with van der Waals surface area (Å²) in [7, 11) is -3.52. The van der Waals surface area contributed by atoms with Gasteiger partial charge in [0.2, 0.25) is 15.9 Å². The number of halogens is 1. The molecule has 8 heteroatoms. The number of anilines is 1. The van der Waals surface area contributed by atoms with E-state index in [1.165, 1.54) is 22.1 Å². The zero-order valence-corrected chi connectivity index (χ0v) is 18.2. The van der Waals surface area contributed by atoms with Crippen LogP contribution in [-0.2, 0) is 21.2 Å². The average Bonchev–Trinajstić information content (AvgIpc) is 3.13. The Hall–Kier alpha value is -1.90. The molecule has 0 aromatic heterocycles. The van der Waals surface area contributed by atoms with Crippen LogP contribution in [0.1, 0.15) is 25.8 Å². The number of thioether (sulfide) groups is 1. The number of carbonyl (C=O) groups is 1. The number of hydrogen-bond donors (Lipinski definition) is 0. The van der Waals surface area contributed by atoms with Gasteiger partial charge in [0.15, 0.2) is 0 Å². The largest absolute Gasteiger partial charge is 0.312 e. The summed E-state index contributed by atoms with van der Waals surface area (Å²) in [5.41, 5.74) is 1.64. The average molecular weight is 437 g/mol. The smallest absolute Gasteiger partial charge is 0.243 e. The fourth-order valence-electron chi connectivity index (χ4n) is 3.46. The fraction of sp³-hybridized carbons (Fsp3) is 0.381. The van der Waals surface area contributed by atoms with Crippen molar-refractivity contribution in [2.75, 3.05) is 30.3 Å². The molecule has 0 bridgehead atoms. The Morgan fingerprint density at radius 2 is 1.90 bits per heavy atom. The maximum atomic E-state index is 13.7. The Balaban J connectivity index is 1.68. The van der Waals surface area contributed by atoms with Crippen molar-refractivity contribution in [3.05, 3.63) is 53.8 Å². The Morgan fingerprint density at radius 1 is 1.17 bits per heavy atom. The molecule has 5 nitrogen and oxygen atoms in total. The van der Waals surface area contributed by atoms with Crippen LogP contribution in [0.4, 0.5) is 10.1 Å². The Kier molecular flexibility index (Phi) is 6.97. The first-order chi connectivity index (χ1) is 13.9. The van der Waals surface area contributed by atoms with E-state index in [0.717, 1.165) is 11.3 Å². The highest BCUT2D eigenvalue weighted by Crippen LogP contribution is 2.32. The molecular weight excluding hydrogens is 411 g/mol. The molecule has 1 aliphatic heterocycles. The van der Waals surface area contributed by atoms with Crippen LogP contribution in [-0.4, -0.2) is 44.0 Å². The zero-order valence-electron chi connectivity index (χ0n) is 16.6. The zero-order chi connectivity index (χ0) is 21.0. The van der Waals surface area contributed by atoms with Crippen molar-refractivity contribution in [2.45, 2.75) is 36.5 Å². The molecular formula is C21H25FN2O3S2. The maximum Gasteiger partial charge on any atom is 0.243 e. The monoisotopic (exact) mass is 436 g/mol. The first-order valence-electron chi connectivity index (χ1n) is 9.69. The van der Waals surface area contributed by atoms with Crippen molar-refractivity contribution < 1.29 is 17.6 Å². The molecule has 0 N–H and O–H groups in total. The van der Waals surface area contributed by atoms with Gasteiger partial charge >= 0.3 is 0 Å². The summed E-state index contributed by atoms with van der Waals surface area (Å²) in [6.45, 7) is 5.00. The molecule has 0 aliphatic carbocycles. The summed E-state index contributed by atoms with van der Waals surface area (Å²) in [5, 5.41) is 0. The van der Waals surface area contributed by atoms with Crippen LogP contribution in [0.5, 0.6) is 0 Å². The number of benzene rings is 2. The van der Waals surface area contributed by atoms with Crippen molar-refractivity contribution in [2.24, 2.45) is 0 Å². The molecule has 1 heterocycles. The van der Waals surface area contributed by atoms with Gasteiger partial charge in [-0.1, -0.05) is 26.0 Å². The summed E-state index contributed by atoms with van der Waals surface area (Å²) in [6, 6.07) is 11.5. The number of carbonyl (C=O) groups excluding carboxylic acids is 1. The molecule has 1 aliphatic rings.